The van der Waals surface area contributed by atoms with Gasteiger partial charge >= 0.3 is 0 Å². The molecule has 102 valence electrons. The molecule has 0 aliphatic carbocycles. The summed E-state index contributed by atoms with van der Waals surface area (Å²) in [5.41, 5.74) is 4.39. The van der Waals surface area contributed by atoms with E-state index in [0.717, 1.165) is 38.2 Å². The molecule has 0 saturated carbocycles. The van der Waals surface area contributed by atoms with Gasteiger partial charge in [0.25, 0.3) is 5.91 Å². The Bertz CT molecular complexity index is 432. The smallest absolute Gasteiger partial charge is 0.271 e. The van der Waals surface area contributed by atoms with Crippen molar-refractivity contribution in [2.24, 2.45) is 5.10 Å². The minimum Gasteiger partial charge on any atom is -0.303 e. The van der Waals surface area contributed by atoms with Gasteiger partial charge in [-0.25, -0.2) is 5.43 Å². The number of hydrazone groups is 1. The van der Waals surface area contributed by atoms with Crippen molar-refractivity contribution < 1.29 is 4.79 Å². The first-order valence-electron chi connectivity index (χ1n) is 6.92. The average molecular weight is 259 g/mol. The van der Waals surface area contributed by atoms with E-state index in [4.69, 9.17) is 0 Å². The molecular formula is C15H21N3O. The molecule has 0 spiro atoms. The monoisotopic (exact) mass is 259 g/mol. The van der Waals surface area contributed by atoms with Crippen molar-refractivity contribution in [2.45, 2.75) is 26.2 Å². The summed E-state index contributed by atoms with van der Waals surface area (Å²) in [4.78, 5) is 14.3. The van der Waals surface area contributed by atoms with E-state index in [0.29, 0.717) is 5.56 Å². The molecular weight excluding hydrogens is 238 g/mol. The number of hydrogen-bond donors (Lipinski definition) is 1. The van der Waals surface area contributed by atoms with Gasteiger partial charge in [-0.15, -0.1) is 0 Å². The van der Waals surface area contributed by atoms with Gasteiger partial charge in [0.2, 0.25) is 0 Å². The maximum absolute atomic E-state index is 11.8. The summed E-state index contributed by atoms with van der Waals surface area (Å²) in [5.74, 6) is -0.135. The summed E-state index contributed by atoms with van der Waals surface area (Å²) in [5, 5.41) is 4.24. The van der Waals surface area contributed by atoms with Crippen LogP contribution in [0.5, 0.6) is 0 Å². The SMILES string of the molecule is CCCN1CCC(=NNC(=O)c2ccccc2)CC1. The third-order valence-corrected chi connectivity index (χ3v) is 3.32. The van der Waals surface area contributed by atoms with Crippen LogP contribution in [0.2, 0.25) is 0 Å². The van der Waals surface area contributed by atoms with Crippen LogP contribution in [0.15, 0.2) is 35.4 Å². The van der Waals surface area contributed by atoms with Crippen molar-refractivity contribution in [3.63, 3.8) is 0 Å². The highest BCUT2D eigenvalue weighted by Gasteiger charge is 2.14. The number of rotatable bonds is 4. The first-order chi connectivity index (χ1) is 9.29. The maximum Gasteiger partial charge on any atom is 0.271 e. The molecule has 4 heteroatoms. The average Bonchev–Trinajstić information content (AvgIpc) is 2.47. The van der Waals surface area contributed by atoms with Crippen LogP contribution in [0, 0.1) is 0 Å². The van der Waals surface area contributed by atoms with Gasteiger partial charge in [0.1, 0.15) is 0 Å². The Morgan fingerprint density at radius 1 is 1.26 bits per heavy atom. The largest absolute Gasteiger partial charge is 0.303 e. The highest BCUT2D eigenvalue weighted by molar-refractivity contribution is 5.95. The highest BCUT2D eigenvalue weighted by Crippen LogP contribution is 2.07. The number of nitrogens with zero attached hydrogens (tertiary/aromatic N) is 2. The minimum atomic E-state index is -0.135. The number of carbonyl (C=O) groups excluding carboxylic acids is 1. The number of hydrogen-bond acceptors (Lipinski definition) is 3. The van der Waals surface area contributed by atoms with Crippen LogP contribution < -0.4 is 5.43 Å². The fourth-order valence-electron chi connectivity index (χ4n) is 2.25. The van der Waals surface area contributed by atoms with E-state index in [1.165, 1.54) is 6.42 Å². The number of nitrogens with one attached hydrogen (secondary N) is 1. The Kier molecular flexibility index (Phi) is 5.10. The Hall–Kier alpha value is -1.68. The number of amides is 1. The van der Waals surface area contributed by atoms with Crippen LogP contribution in [0.25, 0.3) is 0 Å². The molecule has 0 bridgehead atoms. The van der Waals surface area contributed by atoms with Crippen molar-refractivity contribution in [2.75, 3.05) is 19.6 Å². The summed E-state index contributed by atoms with van der Waals surface area (Å²) in [6.07, 6.45) is 3.10. The third kappa shape index (κ3) is 4.17. The van der Waals surface area contributed by atoms with E-state index < -0.39 is 0 Å². The second kappa shape index (κ2) is 7.04. The van der Waals surface area contributed by atoms with Crippen LogP contribution in [0.4, 0.5) is 0 Å². The second-order valence-electron chi connectivity index (χ2n) is 4.83. The van der Waals surface area contributed by atoms with E-state index in [1.54, 1.807) is 12.1 Å². The van der Waals surface area contributed by atoms with Crippen molar-refractivity contribution in [1.29, 1.82) is 0 Å². The van der Waals surface area contributed by atoms with Gasteiger partial charge in [0, 0.05) is 37.2 Å². The van der Waals surface area contributed by atoms with Crippen LogP contribution >= 0.6 is 0 Å². The van der Waals surface area contributed by atoms with Crippen molar-refractivity contribution in [1.82, 2.24) is 10.3 Å². The third-order valence-electron chi connectivity index (χ3n) is 3.32. The zero-order chi connectivity index (χ0) is 13.5. The Morgan fingerprint density at radius 2 is 1.95 bits per heavy atom. The fraction of sp³-hybridized carbons (Fsp3) is 0.467. The van der Waals surface area contributed by atoms with Gasteiger partial charge in [-0.05, 0) is 25.1 Å². The number of benzene rings is 1. The summed E-state index contributed by atoms with van der Waals surface area (Å²) in [6.45, 7) is 5.45. The van der Waals surface area contributed by atoms with E-state index in [2.05, 4.69) is 22.4 Å². The molecule has 1 fully saturated rings. The maximum atomic E-state index is 11.8. The zero-order valence-corrected chi connectivity index (χ0v) is 11.4. The normalized spacial score (nSPS) is 16.2. The van der Waals surface area contributed by atoms with Gasteiger partial charge in [0.15, 0.2) is 0 Å². The Morgan fingerprint density at radius 3 is 2.58 bits per heavy atom. The molecule has 1 N–H and O–H groups in total. The summed E-state index contributed by atoms with van der Waals surface area (Å²) in [7, 11) is 0. The molecule has 1 aliphatic heterocycles. The molecule has 1 aromatic rings. The molecule has 0 radical (unpaired) electrons. The lowest BCUT2D eigenvalue weighted by molar-refractivity contribution is 0.0954. The number of likely N-dealkylation sites (tertiary alicyclic amines) is 1. The molecule has 1 aliphatic rings. The van der Waals surface area contributed by atoms with Gasteiger partial charge < -0.3 is 4.90 Å². The van der Waals surface area contributed by atoms with Crippen LogP contribution in [0.3, 0.4) is 0 Å². The molecule has 0 atom stereocenters. The van der Waals surface area contributed by atoms with Crippen molar-refractivity contribution >= 4 is 11.6 Å². The summed E-state index contributed by atoms with van der Waals surface area (Å²) in [6, 6.07) is 9.18. The van der Waals surface area contributed by atoms with E-state index in [-0.39, 0.29) is 5.91 Å². The second-order valence-corrected chi connectivity index (χ2v) is 4.83. The Balaban J connectivity index is 1.82. The molecule has 1 heterocycles. The van der Waals surface area contributed by atoms with Crippen molar-refractivity contribution in [3.8, 4) is 0 Å². The van der Waals surface area contributed by atoms with Gasteiger partial charge in [-0.2, -0.15) is 5.10 Å². The minimum absolute atomic E-state index is 0.135. The molecule has 2 rings (SSSR count). The molecule has 1 aromatic carbocycles. The quantitative estimate of drug-likeness (QED) is 0.843. The first kappa shape index (κ1) is 13.7. The highest BCUT2D eigenvalue weighted by atomic mass is 16.2. The summed E-state index contributed by atoms with van der Waals surface area (Å²) >= 11 is 0. The van der Waals surface area contributed by atoms with Crippen LogP contribution in [0.1, 0.15) is 36.5 Å². The van der Waals surface area contributed by atoms with E-state index in [1.807, 2.05) is 18.2 Å². The van der Waals surface area contributed by atoms with E-state index in [9.17, 15) is 4.79 Å². The van der Waals surface area contributed by atoms with Crippen molar-refractivity contribution in [3.05, 3.63) is 35.9 Å². The topological polar surface area (TPSA) is 44.7 Å². The molecule has 0 aromatic heterocycles. The van der Waals surface area contributed by atoms with Gasteiger partial charge in [-0.1, -0.05) is 25.1 Å². The molecule has 4 nitrogen and oxygen atoms in total. The number of carbonyl (C=O) groups is 1. The Labute approximate surface area is 114 Å². The van der Waals surface area contributed by atoms with Crippen LogP contribution in [-0.2, 0) is 0 Å². The molecule has 1 amide bonds. The van der Waals surface area contributed by atoms with E-state index >= 15 is 0 Å². The molecule has 0 unspecified atom stereocenters. The predicted octanol–water partition coefficient (Wildman–Crippen LogP) is 2.28. The molecule has 19 heavy (non-hydrogen) atoms. The lowest BCUT2D eigenvalue weighted by atomic mass is 10.1. The number of piperidine rings is 1. The fourth-order valence-corrected chi connectivity index (χ4v) is 2.25. The van der Waals surface area contributed by atoms with Gasteiger partial charge in [0.05, 0.1) is 0 Å². The first-order valence-corrected chi connectivity index (χ1v) is 6.92. The van der Waals surface area contributed by atoms with Crippen LogP contribution in [-0.4, -0.2) is 36.2 Å². The predicted molar refractivity (Wildman–Crippen MR) is 77.3 cm³/mol. The lowest BCUT2D eigenvalue weighted by Crippen LogP contribution is -2.35. The van der Waals surface area contributed by atoms with Gasteiger partial charge in [-0.3, -0.25) is 4.79 Å². The molecule has 1 saturated heterocycles. The standard InChI is InChI=1S/C15H21N3O/c1-2-10-18-11-8-14(9-12-18)16-17-15(19)13-6-4-3-5-7-13/h3-7H,2,8-12H2,1H3,(H,17,19). The zero-order valence-electron chi connectivity index (χ0n) is 11.4. The summed E-state index contributed by atoms with van der Waals surface area (Å²) < 4.78 is 0. The lowest BCUT2D eigenvalue weighted by Gasteiger charge is -2.26.